The van der Waals surface area contributed by atoms with Crippen LogP contribution in [0.1, 0.15) is 30.7 Å². The third-order valence-corrected chi connectivity index (χ3v) is 7.31. The van der Waals surface area contributed by atoms with Gasteiger partial charge in [0.05, 0.1) is 13.5 Å². The predicted molar refractivity (Wildman–Crippen MR) is 167 cm³/mol. The van der Waals surface area contributed by atoms with Crippen LogP contribution in [0.2, 0.25) is 5.02 Å². The van der Waals surface area contributed by atoms with Gasteiger partial charge in [-0.3, -0.25) is 24.0 Å². The van der Waals surface area contributed by atoms with Crippen LogP contribution >= 0.6 is 11.6 Å². The number of amides is 3. The fourth-order valence-electron chi connectivity index (χ4n) is 4.80. The number of nitrogens with zero attached hydrogens (tertiary/aromatic N) is 1. The summed E-state index contributed by atoms with van der Waals surface area (Å²) in [6, 6.07) is 13.3. The van der Waals surface area contributed by atoms with Crippen molar-refractivity contribution in [1.29, 1.82) is 0 Å². The van der Waals surface area contributed by atoms with Crippen molar-refractivity contribution in [3.8, 4) is 0 Å². The van der Waals surface area contributed by atoms with Gasteiger partial charge in [0.2, 0.25) is 23.6 Å². The average Bonchev–Trinajstić information content (AvgIpc) is 3.42. The van der Waals surface area contributed by atoms with Crippen molar-refractivity contribution in [1.82, 2.24) is 20.9 Å². The number of oxazole rings is 1. The van der Waals surface area contributed by atoms with Gasteiger partial charge < -0.3 is 35.3 Å². The fraction of sp³-hybridized carbons (Fsp3) is 0.281. The molecule has 5 N–H and O–H groups in total. The Bertz CT molecular complexity index is 1820. The number of esters is 1. The van der Waals surface area contributed by atoms with E-state index in [-0.39, 0.29) is 25.2 Å². The maximum absolute atomic E-state index is 13.6. The topological polar surface area (TPSA) is 214 Å². The van der Waals surface area contributed by atoms with Crippen LogP contribution in [-0.2, 0) is 46.3 Å². The Morgan fingerprint density at radius 3 is 2.26 bits per heavy atom. The van der Waals surface area contributed by atoms with E-state index in [2.05, 4.69) is 25.7 Å². The van der Waals surface area contributed by atoms with Crippen molar-refractivity contribution in [2.75, 3.05) is 7.11 Å². The van der Waals surface area contributed by atoms with Crippen molar-refractivity contribution in [2.45, 2.75) is 50.2 Å². The molecule has 0 radical (unpaired) electrons. The first-order valence-corrected chi connectivity index (χ1v) is 14.7. The van der Waals surface area contributed by atoms with Gasteiger partial charge >= 0.3 is 17.9 Å². The van der Waals surface area contributed by atoms with Crippen LogP contribution in [0.4, 0.5) is 0 Å². The largest absolute Gasteiger partial charge is 0.481 e. The molecule has 4 aromatic rings. The monoisotopic (exact) mass is 666 g/mol. The standard InChI is InChI=1S/C32H31ClN4O10/c1-46-32(45)22(10-11-28(39)40)36-31(44)24(15-29(41)42)37-30(43)23(13-17-6-7-18-4-2-3-5-19(18)12-17)34-26(38)16-27-35-21-9-8-20(33)14-25(21)47-27/h2-9,12,14,22-24H,10-11,13,15-16H2,1H3,(H,34,38)(H,36,44)(H,37,43)(H,39,40)(H,41,42)/t22-,23-,24-/m0/s1. The molecule has 0 aliphatic carbocycles. The number of hydrogen-bond acceptors (Lipinski definition) is 9. The van der Waals surface area contributed by atoms with Crippen molar-refractivity contribution in [2.24, 2.45) is 0 Å². The SMILES string of the molecule is COC(=O)[C@H](CCC(=O)O)NC(=O)[C@H](CC(=O)O)NC(=O)[C@H](Cc1ccc2ccccc2c1)NC(=O)Cc1nc2ccc(Cl)cc2o1. The number of halogens is 1. The predicted octanol–water partition coefficient (Wildman–Crippen LogP) is 2.39. The molecule has 0 bridgehead atoms. The van der Waals surface area contributed by atoms with Crippen LogP contribution in [-0.4, -0.2) is 76.1 Å². The quantitative estimate of drug-likeness (QED) is 0.116. The molecule has 0 spiro atoms. The molecule has 3 aromatic carbocycles. The number of aliphatic carboxylic acids is 2. The number of carboxylic acid groups (broad SMARTS) is 2. The highest BCUT2D eigenvalue weighted by molar-refractivity contribution is 6.31. The van der Waals surface area contributed by atoms with E-state index in [4.69, 9.17) is 21.1 Å². The highest BCUT2D eigenvalue weighted by Crippen LogP contribution is 2.21. The number of methoxy groups -OCH3 is 1. The lowest BCUT2D eigenvalue weighted by Crippen LogP contribution is -2.57. The molecule has 4 rings (SSSR count). The number of ether oxygens (including phenoxy) is 1. The Hall–Kier alpha value is -5.50. The summed E-state index contributed by atoms with van der Waals surface area (Å²) >= 11 is 6.00. The first-order chi connectivity index (χ1) is 22.4. The number of carbonyl (C=O) groups is 6. The molecular formula is C32H31ClN4O10. The maximum Gasteiger partial charge on any atom is 0.328 e. The second-order valence-corrected chi connectivity index (χ2v) is 11.0. The molecule has 0 aliphatic heterocycles. The third-order valence-electron chi connectivity index (χ3n) is 7.07. The summed E-state index contributed by atoms with van der Waals surface area (Å²) in [6.07, 6.45) is -2.12. The smallest absolute Gasteiger partial charge is 0.328 e. The first kappa shape index (κ1) is 34.4. The van der Waals surface area contributed by atoms with Crippen LogP contribution < -0.4 is 16.0 Å². The van der Waals surface area contributed by atoms with Gasteiger partial charge in [-0.05, 0) is 34.9 Å². The third kappa shape index (κ3) is 9.74. The number of nitrogens with one attached hydrogen (secondary N) is 3. The lowest BCUT2D eigenvalue weighted by molar-refractivity contribution is -0.146. The van der Waals surface area contributed by atoms with Crippen molar-refractivity contribution >= 4 is 69.1 Å². The molecule has 14 nitrogen and oxygen atoms in total. The molecule has 0 saturated heterocycles. The minimum absolute atomic E-state index is 0.0453. The number of aromatic nitrogens is 1. The Morgan fingerprint density at radius 1 is 0.851 bits per heavy atom. The highest BCUT2D eigenvalue weighted by atomic mass is 35.5. The zero-order valence-electron chi connectivity index (χ0n) is 25.0. The lowest BCUT2D eigenvalue weighted by atomic mass is 10.0. The van der Waals surface area contributed by atoms with Crippen LogP contribution in [0, 0.1) is 0 Å². The molecule has 3 amide bonds. The molecule has 0 aliphatic rings. The van der Waals surface area contributed by atoms with Crippen LogP contribution in [0.3, 0.4) is 0 Å². The average molecular weight is 667 g/mol. The Morgan fingerprint density at radius 2 is 1.55 bits per heavy atom. The van der Waals surface area contributed by atoms with Crippen molar-refractivity contribution in [3.63, 3.8) is 0 Å². The molecule has 0 unspecified atom stereocenters. The summed E-state index contributed by atoms with van der Waals surface area (Å²) in [5.74, 6) is -6.19. The van der Waals surface area contributed by atoms with E-state index < -0.39 is 66.6 Å². The summed E-state index contributed by atoms with van der Waals surface area (Å²) < 4.78 is 10.2. The van der Waals surface area contributed by atoms with Gasteiger partial charge in [-0.25, -0.2) is 9.78 Å². The molecule has 47 heavy (non-hydrogen) atoms. The summed E-state index contributed by atoms with van der Waals surface area (Å²) in [7, 11) is 1.04. The zero-order chi connectivity index (χ0) is 34.1. The van der Waals surface area contributed by atoms with Gasteiger partial charge in [0.25, 0.3) is 0 Å². The summed E-state index contributed by atoms with van der Waals surface area (Å²) in [4.78, 5) is 79.1. The highest BCUT2D eigenvalue weighted by Gasteiger charge is 2.32. The van der Waals surface area contributed by atoms with Gasteiger partial charge in [0, 0.05) is 23.9 Å². The van der Waals surface area contributed by atoms with E-state index >= 15 is 0 Å². The number of carboxylic acids is 2. The molecular weight excluding hydrogens is 636 g/mol. The molecule has 1 heterocycles. The second kappa shape index (κ2) is 15.7. The van der Waals surface area contributed by atoms with E-state index in [1.165, 1.54) is 0 Å². The zero-order valence-corrected chi connectivity index (χ0v) is 25.8. The van der Waals surface area contributed by atoms with E-state index in [0.717, 1.165) is 17.9 Å². The van der Waals surface area contributed by atoms with Crippen LogP contribution in [0.25, 0.3) is 21.9 Å². The molecule has 15 heteroatoms. The van der Waals surface area contributed by atoms with Crippen LogP contribution in [0.15, 0.2) is 65.1 Å². The maximum atomic E-state index is 13.6. The first-order valence-electron chi connectivity index (χ1n) is 14.4. The Balaban J connectivity index is 1.56. The Labute approximate surface area is 272 Å². The summed E-state index contributed by atoms with van der Waals surface area (Å²) in [6.45, 7) is 0. The molecule has 3 atom stereocenters. The van der Waals surface area contributed by atoms with Crippen molar-refractivity contribution < 1.29 is 48.1 Å². The summed E-state index contributed by atoms with van der Waals surface area (Å²) in [5.41, 5.74) is 1.49. The molecule has 0 saturated carbocycles. The van der Waals surface area contributed by atoms with Gasteiger partial charge in [-0.15, -0.1) is 0 Å². The number of carbonyl (C=O) groups excluding carboxylic acids is 4. The van der Waals surface area contributed by atoms with E-state index in [1.807, 2.05) is 36.4 Å². The van der Waals surface area contributed by atoms with Crippen molar-refractivity contribution in [3.05, 3.63) is 77.1 Å². The molecule has 246 valence electrons. The number of hydrogen-bond donors (Lipinski definition) is 5. The van der Waals surface area contributed by atoms with E-state index in [0.29, 0.717) is 21.7 Å². The number of benzene rings is 3. The Kier molecular flexibility index (Phi) is 11.5. The minimum atomic E-state index is -1.70. The molecule has 1 aromatic heterocycles. The lowest BCUT2D eigenvalue weighted by Gasteiger charge is -2.24. The fourth-order valence-corrected chi connectivity index (χ4v) is 4.96. The second-order valence-electron chi connectivity index (χ2n) is 10.6. The van der Waals surface area contributed by atoms with Gasteiger partial charge in [-0.1, -0.05) is 54.1 Å². The number of rotatable bonds is 15. The summed E-state index contributed by atoms with van der Waals surface area (Å²) in [5, 5.41) is 28.0. The van der Waals surface area contributed by atoms with E-state index in [1.54, 1.807) is 24.3 Å². The normalized spacial score (nSPS) is 12.9. The number of fused-ring (bicyclic) bond motifs is 2. The molecule has 0 fully saturated rings. The van der Waals surface area contributed by atoms with Gasteiger partial charge in [0.1, 0.15) is 30.1 Å². The van der Waals surface area contributed by atoms with Crippen LogP contribution in [0.5, 0.6) is 0 Å². The minimum Gasteiger partial charge on any atom is -0.481 e. The van der Waals surface area contributed by atoms with E-state index in [9.17, 15) is 33.9 Å². The van der Waals surface area contributed by atoms with Gasteiger partial charge in [0.15, 0.2) is 5.58 Å². The van der Waals surface area contributed by atoms with Gasteiger partial charge in [-0.2, -0.15) is 0 Å².